The molecule has 0 fully saturated rings. The van der Waals surface area contributed by atoms with Crippen molar-refractivity contribution in [3.8, 4) is 0 Å². The Morgan fingerprint density at radius 2 is 2.43 bits per heavy atom. The Labute approximate surface area is 43.0 Å². The predicted octanol–water partition coefficient (Wildman–Crippen LogP) is 1.34. The molecule has 0 aliphatic carbocycles. The lowest BCUT2D eigenvalue weighted by molar-refractivity contribution is 0.752. The first-order valence-electron chi connectivity index (χ1n) is 2.45. The third-order valence-corrected chi connectivity index (χ3v) is 0.682. The number of rotatable bonds is 3. The zero-order valence-electron chi connectivity index (χ0n) is 4.52. The van der Waals surface area contributed by atoms with E-state index in [0.29, 0.717) is 6.54 Å². The van der Waals surface area contributed by atoms with Crippen molar-refractivity contribution < 1.29 is 0 Å². The molecule has 3 heteroatoms. The van der Waals surface area contributed by atoms with Crippen LogP contribution in [0.1, 0.15) is 19.8 Å². The Balaban J connectivity index is 2.83. The number of unbranched alkanes of at least 4 members (excludes halogenated alkanes) is 1. The molecule has 0 aromatic carbocycles. The number of hydrogen-bond acceptors (Lipinski definition) is 2. The van der Waals surface area contributed by atoms with Crippen LogP contribution >= 0.6 is 0 Å². The molecular formula is C4H10N3+. The maximum absolute atomic E-state index is 6.24. The fourth-order valence-electron chi connectivity index (χ4n) is 0.279. The number of hydrogen-bond donors (Lipinski definition) is 1. The van der Waals surface area contributed by atoms with Gasteiger partial charge in [-0.05, 0) is 6.42 Å². The Morgan fingerprint density at radius 3 is 2.86 bits per heavy atom. The zero-order valence-corrected chi connectivity index (χ0v) is 4.52. The van der Waals surface area contributed by atoms with E-state index in [-0.39, 0.29) is 0 Å². The van der Waals surface area contributed by atoms with Crippen molar-refractivity contribution in [2.45, 2.75) is 19.8 Å². The largest absolute Gasteiger partial charge is 0.214 e. The fourth-order valence-corrected chi connectivity index (χ4v) is 0.279. The molecule has 0 aromatic rings. The highest BCUT2D eigenvalue weighted by Crippen LogP contribution is 1.83. The lowest BCUT2D eigenvalue weighted by atomic mass is 10.3. The summed E-state index contributed by atoms with van der Waals surface area (Å²) in [5, 5.41) is 3.45. The van der Waals surface area contributed by atoms with Crippen molar-refractivity contribution in [1.29, 1.82) is 5.53 Å². The molecule has 0 rings (SSSR count). The van der Waals surface area contributed by atoms with Crippen LogP contribution in [0, 0.1) is 5.53 Å². The van der Waals surface area contributed by atoms with E-state index in [1.54, 1.807) is 0 Å². The van der Waals surface area contributed by atoms with Crippen molar-refractivity contribution in [2.24, 2.45) is 5.11 Å². The summed E-state index contributed by atoms with van der Waals surface area (Å²) in [6.45, 7) is 2.79. The third-order valence-electron chi connectivity index (χ3n) is 0.682. The van der Waals surface area contributed by atoms with Crippen LogP contribution in [0.25, 0.3) is 0 Å². The molecule has 40 valence electrons. The molecule has 0 aromatic heterocycles. The summed E-state index contributed by atoms with van der Waals surface area (Å²) in [4.78, 5) is 2.85. The fraction of sp³-hybridized carbons (Fsp3) is 1.00. The van der Waals surface area contributed by atoms with Crippen molar-refractivity contribution in [3.05, 3.63) is 0 Å². The second-order valence-electron chi connectivity index (χ2n) is 1.32. The van der Waals surface area contributed by atoms with Crippen LogP contribution in [0.15, 0.2) is 5.11 Å². The quantitative estimate of drug-likeness (QED) is 0.316. The highest BCUT2D eigenvalue weighted by molar-refractivity contribution is 4.33. The minimum Gasteiger partial charge on any atom is -0.0653 e. The Morgan fingerprint density at radius 1 is 1.71 bits per heavy atom. The van der Waals surface area contributed by atoms with E-state index in [1.807, 2.05) is 0 Å². The monoisotopic (exact) mass is 100 g/mol. The first-order valence-corrected chi connectivity index (χ1v) is 2.45. The summed E-state index contributed by atoms with van der Waals surface area (Å²) in [5.74, 6) is 0. The molecule has 0 spiro atoms. The lowest BCUT2D eigenvalue weighted by Gasteiger charge is -1.75. The summed E-state index contributed by atoms with van der Waals surface area (Å²) in [6.07, 6.45) is 2.17. The molecule has 0 saturated carbocycles. The van der Waals surface area contributed by atoms with Crippen molar-refractivity contribution in [2.75, 3.05) is 6.54 Å². The van der Waals surface area contributed by atoms with E-state index in [4.69, 9.17) is 5.53 Å². The third kappa shape index (κ3) is 5.31. The Bertz CT molecular complexity index is 73.0. The van der Waals surface area contributed by atoms with Gasteiger partial charge in [0.15, 0.2) is 0 Å². The van der Waals surface area contributed by atoms with Gasteiger partial charge in [0.2, 0.25) is 4.91 Å². The topological polar surface area (TPSA) is 50.3 Å². The van der Waals surface area contributed by atoms with Crippen LogP contribution in [0.2, 0.25) is 0 Å². The first-order chi connectivity index (χ1) is 3.41. The predicted molar refractivity (Wildman–Crippen MR) is 27.1 cm³/mol. The van der Waals surface area contributed by atoms with Gasteiger partial charge in [-0.15, -0.1) is 0 Å². The molecule has 1 N–H and O–H groups in total. The second-order valence-corrected chi connectivity index (χ2v) is 1.32. The van der Waals surface area contributed by atoms with Crippen molar-refractivity contribution in [1.82, 2.24) is 4.91 Å². The molecular weight excluding hydrogens is 90.1 g/mol. The van der Waals surface area contributed by atoms with Gasteiger partial charge in [0.05, 0.1) is 0 Å². The molecule has 0 heterocycles. The smallest absolute Gasteiger partial charge is 0.0653 e. The Kier molecular flexibility index (Phi) is 4.79. The van der Waals surface area contributed by atoms with Crippen molar-refractivity contribution >= 4 is 0 Å². The van der Waals surface area contributed by atoms with Gasteiger partial charge in [-0.3, -0.25) is 0 Å². The average Bonchev–Trinajstić information content (AvgIpc) is 1.69. The van der Waals surface area contributed by atoms with Crippen LogP contribution in [0.3, 0.4) is 0 Å². The van der Waals surface area contributed by atoms with Gasteiger partial charge >= 0.3 is 0 Å². The van der Waals surface area contributed by atoms with Gasteiger partial charge < -0.3 is 0 Å². The van der Waals surface area contributed by atoms with Gasteiger partial charge in [0.25, 0.3) is 0 Å². The van der Waals surface area contributed by atoms with Gasteiger partial charge in [-0.25, -0.2) is 0 Å². The van der Waals surface area contributed by atoms with Gasteiger partial charge in [-0.1, -0.05) is 13.3 Å². The second kappa shape index (κ2) is 5.31. The van der Waals surface area contributed by atoms with E-state index < -0.39 is 0 Å². The molecule has 0 bridgehead atoms. The van der Waals surface area contributed by atoms with E-state index in [9.17, 15) is 0 Å². The molecule has 0 amide bonds. The maximum atomic E-state index is 6.24. The first kappa shape index (κ1) is 6.31. The lowest BCUT2D eigenvalue weighted by Crippen LogP contribution is -1.75. The molecule has 0 atom stereocenters. The van der Waals surface area contributed by atoms with Crippen LogP contribution in [0.5, 0.6) is 0 Å². The minimum atomic E-state index is 0.708. The summed E-state index contributed by atoms with van der Waals surface area (Å²) in [5.41, 5.74) is 6.24. The summed E-state index contributed by atoms with van der Waals surface area (Å²) in [6, 6.07) is 0. The molecule has 3 nitrogen and oxygen atoms in total. The summed E-state index contributed by atoms with van der Waals surface area (Å²) >= 11 is 0. The van der Waals surface area contributed by atoms with E-state index in [2.05, 4.69) is 16.9 Å². The van der Waals surface area contributed by atoms with Crippen molar-refractivity contribution in [3.63, 3.8) is 0 Å². The average molecular weight is 100 g/mol. The van der Waals surface area contributed by atoms with Crippen LogP contribution < -0.4 is 4.91 Å². The minimum absolute atomic E-state index is 0.708. The molecule has 0 aliphatic rings. The van der Waals surface area contributed by atoms with Crippen LogP contribution in [0.4, 0.5) is 0 Å². The Hall–Kier alpha value is -0.690. The van der Waals surface area contributed by atoms with E-state index >= 15 is 0 Å². The normalized spacial score (nSPS) is 7.57. The van der Waals surface area contributed by atoms with Gasteiger partial charge in [0.1, 0.15) is 17.2 Å². The van der Waals surface area contributed by atoms with Crippen LogP contribution in [-0.2, 0) is 0 Å². The van der Waals surface area contributed by atoms with Crippen LogP contribution in [-0.4, -0.2) is 6.54 Å². The number of nitrogens with one attached hydrogen (secondary N) is 1. The van der Waals surface area contributed by atoms with E-state index in [0.717, 1.165) is 12.8 Å². The van der Waals surface area contributed by atoms with Gasteiger partial charge in [0, 0.05) is 0 Å². The standard InChI is InChI=1S/C4H10N3/c1-2-3-4-6-7-5/h5H,2-4H2,1H3/q+1. The number of nitrogens with zero attached hydrogens (tertiary/aromatic N) is 2. The summed E-state index contributed by atoms with van der Waals surface area (Å²) < 4.78 is 0. The maximum Gasteiger partial charge on any atom is 0.214 e. The van der Waals surface area contributed by atoms with Gasteiger partial charge in [-0.2, -0.15) is 0 Å². The molecule has 7 heavy (non-hydrogen) atoms. The van der Waals surface area contributed by atoms with E-state index in [1.165, 1.54) is 0 Å². The SMILES string of the molecule is CCCCN=[N+]=N. The molecule has 0 saturated heterocycles. The molecule has 0 radical (unpaired) electrons. The highest BCUT2D eigenvalue weighted by Gasteiger charge is 1.81. The highest BCUT2D eigenvalue weighted by atomic mass is 15.1. The molecule has 0 unspecified atom stereocenters. The zero-order chi connectivity index (χ0) is 5.54. The summed E-state index contributed by atoms with van der Waals surface area (Å²) in [7, 11) is 0. The molecule has 0 aliphatic heterocycles.